The van der Waals surface area contributed by atoms with Gasteiger partial charge in [0.2, 0.25) is 0 Å². The minimum absolute atomic E-state index is 0.0126. The number of nitrogens with one attached hydrogen (secondary N) is 1. The molecule has 3 N–H and O–H groups in total. The molecule has 1 saturated heterocycles. The summed E-state index contributed by atoms with van der Waals surface area (Å²) in [6, 6.07) is 7.75. The van der Waals surface area contributed by atoms with E-state index in [-0.39, 0.29) is 12.6 Å². The van der Waals surface area contributed by atoms with E-state index in [1.165, 1.54) is 6.20 Å². The number of aromatic nitrogens is 3. The number of carbonyl (C=O) groups excluding carboxylic acids is 1. The van der Waals surface area contributed by atoms with Gasteiger partial charge in [-0.15, -0.1) is 0 Å². The maximum Gasteiger partial charge on any atom is 0.341 e. The summed E-state index contributed by atoms with van der Waals surface area (Å²) in [5, 5.41) is 8.68. The number of nitrogens with zero attached hydrogens (tertiary/aromatic N) is 3. The van der Waals surface area contributed by atoms with E-state index in [4.69, 9.17) is 9.47 Å². The molecule has 172 valence electrons. The van der Waals surface area contributed by atoms with Crippen molar-refractivity contribution in [3.63, 3.8) is 0 Å². The van der Waals surface area contributed by atoms with Gasteiger partial charge in [-0.1, -0.05) is 12.1 Å². The number of fused-ring (bicyclic) bond motifs is 1. The topological polar surface area (TPSA) is 119 Å². The molecule has 3 aromatic rings. The molecule has 0 amide bonds. The van der Waals surface area contributed by atoms with Crippen molar-refractivity contribution in [2.24, 2.45) is 0 Å². The van der Waals surface area contributed by atoms with Crippen molar-refractivity contribution < 1.29 is 23.4 Å². The van der Waals surface area contributed by atoms with Crippen LogP contribution in [0.1, 0.15) is 35.7 Å². The van der Waals surface area contributed by atoms with Gasteiger partial charge in [0.1, 0.15) is 11.3 Å². The van der Waals surface area contributed by atoms with E-state index in [2.05, 4.69) is 15.4 Å². The Morgan fingerprint density at radius 3 is 2.59 bits per heavy atom. The van der Waals surface area contributed by atoms with Crippen LogP contribution < -0.4 is 10.1 Å². The summed E-state index contributed by atoms with van der Waals surface area (Å²) < 4.78 is 32.1. The Bertz CT molecular complexity index is 1090. The maximum absolute atomic E-state index is 12.6. The van der Waals surface area contributed by atoms with Crippen LogP contribution in [0.2, 0.25) is 0 Å². The number of hydrogen-bond donors (Lipinski definition) is 3. The molecule has 0 bridgehead atoms. The number of hydrogen-bond acceptors (Lipinski definition) is 8. The van der Waals surface area contributed by atoms with Crippen LogP contribution in [0.4, 0.5) is 5.69 Å². The van der Waals surface area contributed by atoms with E-state index < -0.39 is 16.6 Å². The molecule has 1 fully saturated rings. The van der Waals surface area contributed by atoms with Gasteiger partial charge in [0.15, 0.2) is 5.65 Å². The standard InChI is InChI=1S/C22H28N4O5S/c1-3-31-22(27)19-12-23-21-18(20(19)25-16-8-10-32(28,29)11-9-16)13-24-26(21)14-15-4-6-17(30-2)7-5-15/h4-7,12-13,16,28-29H,3,8-11,14H2,1-2H3,(H,23,25). The minimum atomic E-state index is -2.49. The van der Waals surface area contributed by atoms with Crippen LogP contribution in [0.3, 0.4) is 0 Å². The number of benzene rings is 1. The molecule has 3 heterocycles. The summed E-state index contributed by atoms with van der Waals surface area (Å²) in [7, 11) is -0.861. The van der Waals surface area contributed by atoms with Crippen LogP contribution in [0, 0.1) is 0 Å². The van der Waals surface area contributed by atoms with Gasteiger partial charge < -0.3 is 14.8 Å². The summed E-state index contributed by atoms with van der Waals surface area (Å²) in [6.07, 6.45) is 4.43. The number of anilines is 1. The highest BCUT2D eigenvalue weighted by atomic mass is 32.3. The highest BCUT2D eigenvalue weighted by Crippen LogP contribution is 2.44. The van der Waals surface area contributed by atoms with Crippen LogP contribution >= 0.6 is 10.6 Å². The lowest BCUT2D eigenvalue weighted by atomic mass is 10.1. The smallest absolute Gasteiger partial charge is 0.341 e. The Balaban J connectivity index is 1.66. The van der Waals surface area contributed by atoms with Crippen molar-refractivity contribution in [3.8, 4) is 5.75 Å². The van der Waals surface area contributed by atoms with Crippen LogP contribution in [0.15, 0.2) is 36.7 Å². The van der Waals surface area contributed by atoms with E-state index in [0.717, 1.165) is 16.7 Å². The second-order valence-corrected chi connectivity index (χ2v) is 10.2. The molecule has 1 aromatic carbocycles. The largest absolute Gasteiger partial charge is 0.497 e. The van der Waals surface area contributed by atoms with Gasteiger partial charge in [-0.2, -0.15) is 15.7 Å². The van der Waals surface area contributed by atoms with Gasteiger partial charge in [0.05, 0.1) is 37.5 Å². The van der Waals surface area contributed by atoms with E-state index in [1.54, 1.807) is 24.9 Å². The Morgan fingerprint density at radius 1 is 1.22 bits per heavy atom. The summed E-state index contributed by atoms with van der Waals surface area (Å²) >= 11 is 0. The molecule has 0 saturated carbocycles. The molecule has 0 spiro atoms. The quantitative estimate of drug-likeness (QED) is 0.453. The van der Waals surface area contributed by atoms with Crippen molar-refractivity contribution in [2.75, 3.05) is 30.5 Å². The van der Waals surface area contributed by atoms with Crippen molar-refractivity contribution in [3.05, 3.63) is 47.8 Å². The molecule has 0 atom stereocenters. The van der Waals surface area contributed by atoms with Crippen LogP contribution in [0.5, 0.6) is 5.75 Å². The maximum atomic E-state index is 12.6. The average Bonchev–Trinajstić information content (AvgIpc) is 3.19. The zero-order chi connectivity index (χ0) is 22.7. The molecule has 1 aliphatic heterocycles. The predicted octanol–water partition coefficient (Wildman–Crippen LogP) is 3.99. The van der Waals surface area contributed by atoms with Crippen LogP contribution in [-0.4, -0.2) is 61.1 Å². The third-order valence-electron chi connectivity index (χ3n) is 5.59. The van der Waals surface area contributed by atoms with E-state index in [0.29, 0.717) is 47.8 Å². The molecule has 10 heteroatoms. The molecule has 1 aliphatic rings. The van der Waals surface area contributed by atoms with Gasteiger partial charge in [-0.25, -0.2) is 14.5 Å². The number of rotatable bonds is 7. The summed E-state index contributed by atoms with van der Waals surface area (Å²) in [5.74, 6) is 1.04. The number of pyridine rings is 1. The molecular weight excluding hydrogens is 432 g/mol. The predicted molar refractivity (Wildman–Crippen MR) is 125 cm³/mol. The zero-order valence-corrected chi connectivity index (χ0v) is 19.0. The first kappa shape index (κ1) is 22.4. The van der Waals surface area contributed by atoms with Crippen LogP contribution in [-0.2, 0) is 11.3 Å². The van der Waals surface area contributed by atoms with E-state index >= 15 is 0 Å². The fraction of sp³-hybridized carbons (Fsp3) is 0.409. The SMILES string of the molecule is CCOC(=O)c1cnc2c(cnn2Cc2ccc(OC)cc2)c1NC1CCS(O)(O)CC1. The molecule has 32 heavy (non-hydrogen) atoms. The molecule has 2 aromatic heterocycles. The van der Waals surface area contributed by atoms with Gasteiger partial charge in [-0.05, 0) is 37.5 Å². The molecule has 0 aliphatic carbocycles. The zero-order valence-electron chi connectivity index (χ0n) is 18.2. The second-order valence-electron chi connectivity index (χ2n) is 7.78. The second kappa shape index (κ2) is 9.35. The Hall–Kier alpha value is -2.82. The van der Waals surface area contributed by atoms with Crippen molar-refractivity contribution in [1.82, 2.24) is 14.8 Å². The molecule has 4 rings (SSSR count). The molecular formula is C22H28N4O5S. The Kier molecular flexibility index (Phi) is 6.54. The number of esters is 1. The summed E-state index contributed by atoms with van der Waals surface area (Å²) in [4.78, 5) is 17.1. The third kappa shape index (κ3) is 4.82. The summed E-state index contributed by atoms with van der Waals surface area (Å²) in [6.45, 7) is 2.54. The lowest BCUT2D eigenvalue weighted by Crippen LogP contribution is -2.31. The van der Waals surface area contributed by atoms with Crippen molar-refractivity contribution >= 4 is 33.3 Å². The fourth-order valence-electron chi connectivity index (χ4n) is 3.82. The molecule has 0 radical (unpaired) electrons. The lowest BCUT2D eigenvalue weighted by Gasteiger charge is -2.39. The van der Waals surface area contributed by atoms with E-state index in [9.17, 15) is 13.9 Å². The minimum Gasteiger partial charge on any atom is -0.497 e. The first-order chi connectivity index (χ1) is 15.4. The Morgan fingerprint density at radius 2 is 1.94 bits per heavy atom. The normalized spacial score (nSPS) is 17.1. The van der Waals surface area contributed by atoms with Gasteiger partial charge in [0, 0.05) is 23.7 Å². The van der Waals surface area contributed by atoms with E-state index in [1.807, 2.05) is 24.3 Å². The highest BCUT2D eigenvalue weighted by Gasteiger charge is 2.27. The van der Waals surface area contributed by atoms with Gasteiger partial charge in [0.25, 0.3) is 0 Å². The molecule has 0 unspecified atom stereocenters. The van der Waals surface area contributed by atoms with Gasteiger partial charge >= 0.3 is 5.97 Å². The van der Waals surface area contributed by atoms with Crippen molar-refractivity contribution in [1.29, 1.82) is 0 Å². The highest BCUT2D eigenvalue weighted by molar-refractivity contribution is 8.24. The first-order valence-corrected chi connectivity index (χ1v) is 12.4. The fourth-order valence-corrected chi connectivity index (χ4v) is 5.35. The third-order valence-corrected chi connectivity index (χ3v) is 7.37. The first-order valence-electron chi connectivity index (χ1n) is 10.5. The monoisotopic (exact) mass is 460 g/mol. The van der Waals surface area contributed by atoms with Crippen LogP contribution in [0.25, 0.3) is 11.0 Å². The average molecular weight is 461 g/mol. The number of ether oxygens (including phenoxy) is 2. The van der Waals surface area contributed by atoms with Gasteiger partial charge in [-0.3, -0.25) is 9.11 Å². The number of carbonyl (C=O) groups is 1. The summed E-state index contributed by atoms with van der Waals surface area (Å²) in [5.41, 5.74) is 2.66. The lowest BCUT2D eigenvalue weighted by molar-refractivity contribution is 0.0527. The molecule has 9 nitrogen and oxygen atoms in total. The number of methoxy groups -OCH3 is 1. The Labute approximate surface area is 188 Å². The van der Waals surface area contributed by atoms with Crippen molar-refractivity contribution in [2.45, 2.75) is 32.4 Å².